The Bertz CT molecular complexity index is 775. The second-order valence-corrected chi connectivity index (χ2v) is 4.42. The van der Waals surface area contributed by atoms with Crippen LogP contribution in [-0.4, -0.2) is 22.5 Å². The third-order valence-electron chi connectivity index (χ3n) is 3.09. The topological polar surface area (TPSA) is 69.6 Å². The van der Waals surface area contributed by atoms with Gasteiger partial charge in [-0.05, 0) is 24.3 Å². The van der Waals surface area contributed by atoms with E-state index in [1.807, 2.05) is 34.9 Å². The van der Waals surface area contributed by atoms with Crippen molar-refractivity contribution in [3.8, 4) is 11.3 Å². The highest BCUT2D eigenvalue weighted by Gasteiger charge is 2.09. The maximum Gasteiger partial charge on any atom is 0.338 e. The van der Waals surface area contributed by atoms with Crippen LogP contribution in [0.15, 0.2) is 48.8 Å². The van der Waals surface area contributed by atoms with E-state index in [1.54, 1.807) is 18.3 Å². The number of rotatable bonds is 2. The Hall–Kier alpha value is -2.82. The number of pyridine rings is 1. The van der Waals surface area contributed by atoms with Crippen LogP contribution in [0.25, 0.3) is 16.9 Å². The van der Waals surface area contributed by atoms with Crippen LogP contribution in [0, 0.1) is 0 Å². The van der Waals surface area contributed by atoms with Gasteiger partial charge in [0.15, 0.2) is 0 Å². The van der Waals surface area contributed by atoms with Gasteiger partial charge in [-0.3, -0.25) is 0 Å². The fourth-order valence-corrected chi connectivity index (χ4v) is 2.02. The molecule has 0 unspecified atom stereocenters. The molecule has 5 nitrogen and oxygen atoms in total. The minimum absolute atomic E-state index is 0.371. The fourth-order valence-electron chi connectivity index (χ4n) is 2.02. The molecule has 1 aromatic carbocycles. The molecule has 0 aliphatic carbocycles. The minimum atomic E-state index is -0.371. The molecule has 3 aromatic rings. The predicted octanol–water partition coefficient (Wildman–Crippen LogP) is 2.37. The number of nitrogens with two attached hydrogens (primary N) is 1. The summed E-state index contributed by atoms with van der Waals surface area (Å²) in [6.07, 6.45) is 3.69. The summed E-state index contributed by atoms with van der Waals surface area (Å²) >= 11 is 0. The molecule has 20 heavy (non-hydrogen) atoms. The van der Waals surface area contributed by atoms with Crippen LogP contribution in [0.4, 0.5) is 5.69 Å². The molecule has 0 radical (unpaired) electrons. The number of aromatic nitrogens is 2. The van der Waals surface area contributed by atoms with Gasteiger partial charge < -0.3 is 14.9 Å². The molecule has 2 aromatic heterocycles. The van der Waals surface area contributed by atoms with Gasteiger partial charge in [-0.2, -0.15) is 0 Å². The van der Waals surface area contributed by atoms with Crippen molar-refractivity contribution in [3.63, 3.8) is 0 Å². The van der Waals surface area contributed by atoms with Gasteiger partial charge >= 0.3 is 5.97 Å². The van der Waals surface area contributed by atoms with Crippen molar-refractivity contribution >= 4 is 17.3 Å². The van der Waals surface area contributed by atoms with Crippen molar-refractivity contribution < 1.29 is 9.53 Å². The maximum absolute atomic E-state index is 11.5. The number of nitrogens with zero attached hydrogens (tertiary/aromatic N) is 2. The molecule has 0 aliphatic heterocycles. The lowest BCUT2D eigenvalue weighted by atomic mass is 10.1. The molecule has 0 amide bonds. The first-order valence-electron chi connectivity index (χ1n) is 6.10. The number of imidazole rings is 1. The standard InChI is InChI=1S/C15H13N3O2/c1-20-15(19)11-6-7-18-9-13(17-14(18)8-11)10-2-4-12(16)5-3-10/h2-9H,16H2,1H3. The Morgan fingerprint density at radius 1 is 1.25 bits per heavy atom. The summed E-state index contributed by atoms with van der Waals surface area (Å²) in [5.41, 5.74) is 9.36. The summed E-state index contributed by atoms with van der Waals surface area (Å²) in [5, 5.41) is 0. The van der Waals surface area contributed by atoms with Crippen LogP contribution >= 0.6 is 0 Å². The van der Waals surface area contributed by atoms with Gasteiger partial charge in [0.05, 0.1) is 18.4 Å². The number of methoxy groups -OCH3 is 1. The first kappa shape index (κ1) is 12.2. The molecule has 0 spiro atoms. The van der Waals surface area contributed by atoms with Crippen molar-refractivity contribution in [1.29, 1.82) is 0 Å². The number of hydrogen-bond donors (Lipinski definition) is 1. The van der Waals surface area contributed by atoms with Crippen LogP contribution in [0.2, 0.25) is 0 Å². The summed E-state index contributed by atoms with van der Waals surface area (Å²) in [5.74, 6) is -0.371. The lowest BCUT2D eigenvalue weighted by molar-refractivity contribution is 0.0600. The Kier molecular flexibility index (Phi) is 2.87. The molecule has 2 N–H and O–H groups in total. The summed E-state index contributed by atoms with van der Waals surface area (Å²) in [6, 6.07) is 10.9. The summed E-state index contributed by atoms with van der Waals surface area (Å²) in [4.78, 5) is 16.0. The highest BCUT2D eigenvalue weighted by Crippen LogP contribution is 2.20. The second kappa shape index (κ2) is 4.70. The average molecular weight is 267 g/mol. The number of anilines is 1. The molecule has 0 fully saturated rings. The monoisotopic (exact) mass is 267 g/mol. The zero-order valence-corrected chi connectivity index (χ0v) is 10.9. The van der Waals surface area contributed by atoms with E-state index in [2.05, 4.69) is 4.98 Å². The summed E-state index contributed by atoms with van der Waals surface area (Å²) < 4.78 is 6.56. The van der Waals surface area contributed by atoms with Gasteiger partial charge in [-0.15, -0.1) is 0 Å². The van der Waals surface area contributed by atoms with E-state index in [0.29, 0.717) is 16.9 Å². The Balaban J connectivity index is 2.06. The smallest absolute Gasteiger partial charge is 0.338 e. The average Bonchev–Trinajstić information content (AvgIpc) is 2.90. The van der Waals surface area contributed by atoms with Crippen LogP contribution < -0.4 is 5.73 Å². The van der Waals surface area contributed by atoms with E-state index in [1.165, 1.54) is 7.11 Å². The zero-order chi connectivity index (χ0) is 14.1. The molecular weight excluding hydrogens is 254 g/mol. The van der Waals surface area contributed by atoms with Gasteiger partial charge in [0.1, 0.15) is 5.65 Å². The lowest BCUT2D eigenvalue weighted by Crippen LogP contribution is -2.01. The second-order valence-electron chi connectivity index (χ2n) is 4.42. The van der Waals surface area contributed by atoms with Crippen molar-refractivity contribution in [1.82, 2.24) is 9.38 Å². The number of esters is 1. The highest BCUT2D eigenvalue weighted by atomic mass is 16.5. The predicted molar refractivity (Wildman–Crippen MR) is 76.4 cm³/mol. The van der Waals surface area contributed by atoms with Crippen molar-refractivity contribution in [3.05, 3.63) is 54.4 Å². The molecule has 100 valence electrons. The Labute approximate surface area is 115 Å². The molecule has 0 saturated heterocycles. The Morgan fingerprint density at radius 2 is 2.00 bits per heavy atom. The fraction of sp³-hybridized carbons (Fsp3) is 0.0667. The van der Waals surface area contributed by atoms with Gasteiger partial charge in [0.2, 0.25) is 0 Å². The molecule has 0 aliphatic rings. The lowest BCUT2D eigenvalue weighted by Gasteiger charge is -1.98. The summed E-state index contributed by atoms with van der Waals surface area (Å²) in [6.45, 7) is 0. The van der Waals surface area contributed by atoms with E-state index in [4.69, 9.17) is 10.5 Å². The number of ether oxygens (including phenoxy) is 1. The molecule has 3 rings (SSSR count). The molecule has 0 atom stereocenters. The van der Waals surface area contributed by atoms with Crippen molar-refractivity contribution in [2.24, 2.45) is 0 Å². The highest BCUT2D eigenvalue weighted by molar-refractivity contribution is 5.90. The Morgan fingerprint density at radius 3 is 2.70 bits per heavy atom. The van der Waals surface area contributed by atoms with Crippen molar-refractivity contribution in [2.75, 3.05) is 12.8 Å². The number of nitrogen functional groups attached to an aromatic ring is 1. The zero-order valence-electron chi connectivity index (χ0n) is 10.9. The third kappa shape index (κ3) is 2.09. The van der Waals surface area contributed by atoms with E-state index >= 15 is 0 Å². The van der Waals surface area contributed by atoms with E-state index in [9.17, 15) is 4.79 Å². The van der Waals surface area contributed by atoms with Crippen molar-refractivity contribution in [2.45, 2.75) is 0 Å². The molecular formula is C15H13N3O2. The van der Waals surface area contributed by atoms with Crippen LogP contribution in [0.5, 0.6) is 0 Å². The maximum atomic E-state index is 11.5. The summed E-state index contributed by atoms with van der Waals surface area (Å²) in [7, 11) is 1.36. The van der Waals surface area contributed by atoms with Gasteiger partial charge in [0.25, 0.3) is 0 Å². The van der Waals surface area contributed by atoms with Crippen LogP contribution in [0.3, 0.4) is 0 Å². The SMILES string of the molecule is COC(=O)c1ccn2cc(-c3ccc(N)cc3)nc2c1. The number of benzene rings is 1. The molecule has 0 saturated carbocycles. The van der Waals surface area contributed by atoms with Gasteiger partial charge in [-0.25, -0.2) is 9.78 Å². The largest absolute Gasteiger partial charge is 0.465 e. The van der Waals surface area contributed by atoms with E-state index < -0.39 is 0 Å². The van der Waals surface area contributed by atoms with Crippen LogP contribution in [-0.2, 0) is 4.74 Å². The number of fused-ring (bicyclic) bond motifs is 1. The number of carbonyl (C=O) groups is 1. The van der Waals surface area contributed by atoms with E-state index in [-0.39, 0.29) is 5.97 Å². The quantitative estimate of drug-likeness (QED) is 0.571. The molecule has 0 bridgehead atoms. The normalized spacial score (nSPS) is 10.7. The first-order chi connectivity index (χ1) is 9.67. The molecule has 2 heterocycles. The van der Waals surface area contributed by atoms with Gasteiger partial charge in [0, 0.05) is 23.6 Å². The number of carbonyl (C=O) groups excluding carboxylic acids is 1. The number of hydrogen-bond acceptors (Lipinski definition) is 4. The third-order valence-corrected chi connectivity index (χ3v) is 3.09. The molecule has 5 heteroatoms. The van der Waals surface area contributed by atoms with E-state index in [0.717, 1.165) is 11.3 Å². The first-order valence-corrected chi connectivity index (χ1v) is 6.10. The van der Waals surface area contributed by atoms with Crippen LogP contribution in [0.1, 0.15) is 10.4 Å². The minimum Gasteiger partial charge on any atom is -0.465 e. The van der Waals surface area contributed by atoms with Gasteiger partial charge in [-0.1, -0.05) is 12.1 Å².